The van der Waals surface area contributed by atoms with Crippen LogP contribution in [-0.4, -0.2) is 11.8 Å². The summed E-state index contributed by atoms with van der Waals surface area (Å²) in [4.78, 5) is 0. The van der Waals surface area contributed by atoms with Crippen LogP contribution in [0.1, 0.15) is 6.92 Å². The Morgan fingerprint density at radius 2 is 2.08 bits per heavy atom. The maximum atomic E-state index is 5.02. The topological polar surface area (TPSA) is 33.3 Å². The average Bonchev–Trinajstić information content (AvgIpc) is 2.17. The molecule has 0 saturated heterocycles. The van der Waals surface area contributed by atoms with Crippen LogP contribution in [0.25, 0.3) is 0 Å². The molecule has 13 heavy (non-hydrogen) atoms. The minimum Gasteiger partial charge on any atom is -0.470 e. The van der Waals surface area contributed by atoms with Crippen LogP contribution in [0.2, 0.25) is 0 Å². The molecule has 0 spiro atoms. The van der Waals surface area contributed by atoms with Gasteiger partial charge in [0.25, 0.3) is 5.17 Å². The minimum absolute atomic E-state index is 0.353. The lowest BCUT2D eigenvalue weighted by molar-refractivity contribution is 0.323. The maximum absolute atomic E-state index is 5.02. The summed E-state index contributed by atoms with van der Waals surface area (Å²) in [6, 6.07) is 9.69. The second kappa shape index (κ2) is 5.37. The molecule has 0 fully saturated rings. The van der Waals surface area contributed by atoms with Crippen molar-refractivity contribution >= 4 is 23.1 Å². The third kappa shape index (κ3) is 3.75. The van der Waals surface area contributed by atoms with Gasteiger partial charge in [0.15, 0.2) is 0 Å². The molecule has 0 aliphatic carbocycles. The number of thiocarbonyl (C=S) groups is 1. The van der Waals surface area contributed by atoms with Gasteiger partial charge in [-0.2, -0.15) is 0 Å². The van der Waals surface area contributed by atoms with Crippen LogP contribution in [-0.2, 0) is 4.74 Å². The van der Waals surface area contributed by atoms with Gasteiger partial charge < -0.3 is 4.74 Å². The van der Waals surface area contributed by atoms with Crippen LogP contribution in [0.3, 0.4) is 0 Å². The van der Waals surface area contributed by atoms with E-state index in [9.17, 15) is 0 Å². The van der Waals surface area contributed by atoms with Gasteiger partial charge in [-0.1, -0.05) is 18.2 Å². The van der Waals surface area contributed by atoms with Crippen molar-refractivity contribution in [2.24, 2.45) is 0 Å². The van der Waals surface area contributed by atoms with E-state index in [1.54, 1.807) is 0 Å². The molecule has 0 aliphatic heterocycles. The van der Waals surface area contributed by atoms with Crippen molar-refractivity contribution in [2.45, 2.75) is 6.92 Å². The Bertz CT molecular complexity index is 264. The zero-order valence-electron chi connectivity index (χ0n) is 7.41. The normalized spacial score (nSPS) is 9.00. The van der Waals surface area contributed by atoms with Crippen molar-refractivity contribution in [3.63, 3.8) is 0 Å². The Hall–Kier alpha value is -1.29. The molecule has 1 aromatic rings. The van der Waals surface area contributed by atoms with Crippen molar-refractivity contribution in [1.29, 1.82) is 0 Å². The highest BCUT2D eigenvalue weighted by molar-refractivity contribution is 7.80. The molecule has 0 radical (unpaired) electrons. The summed E-state index contributed by atoms with van der Waals surface area (Å²) in [5, 5.41) is 0.353. The fourth-order valence-corrected chi connectivity index (χ4v) is 0.981. The van der Waals surface area contributed by atoms with Crippen molar-refractivity contribution in [3.8, 4) is 0 Å². The fourth-order valence-electron chi connectivity index (χ4n) is 0.812. The number of hydrazine groups is 1. The van der Waals surface area contributed by atoms with Gasteiger partial charge in [-0.05, 0) is 31.3 Å². The SMILES string of the molecule is CCOC(=S)NNc1ccccc1. The summed E-state index contributed by atoms with van der Waals surface area (Å²) in [6.07, 6.45) is 0. The molecule has 70 valence electrons. The highest BCUT2D eigenvalue weighted by atomic mass is 32.1. The first-order valence-electron chi connectivity index (χ1n) is 4.06. The molecule has 4 heteroatoms. The van der Waals surface area contributed by atoms with Crippen LogP contribution in [0.4, 0.5) is 5.69 Å². The van der Waals surface area contributed by atoms with Crippen molar-refractivity contribution in [2.75, 3.05) is 12.0 Å². The molecule has 0 atom stereocenters. The van der Waals surface area contributed by atoms with Crippen molar-refractivity contribution < 1.29 is 4.74 Å². The molecule has 1 aromatic carbocycles. The van der Waals surface area contributed by atoms with Crippen LogP contribution < -0.4 is 10.9 Å². The van der Waals surface area contributed by atoms with E-state index in [0.29, 0.717) is 11.8 Å². The largest absolute Gasteiger partial charge is 0.470 e. The summed E-state index contributed by atoms with van der Waals surface area (Å²) >= 11 is 4.86. The quantitative estimate of drug-likeness (QED) is 0.571. The monoisotopic (exact) mass is 196 g/mol. The molecule has 2 N–H and O–H groups in total. The summed E-state index contributed by atoms with van der Waals surface area (Å²) in [5.41, 5.74) is 6.62. The lowest BCUT2D eigenvalue weighted by Crippen LogP contribution is -2.29. The van der Waals surface area contributed by atoms with E-state index in [1.165, 1.54) is 0 Å². The second-order valence-electron chi connectivity index (χ2n) is 2.34. The number of rotatable bonds is 3. The first-order chi connectivity index (χ1) is 6.33. The average molecular weight is 196 g/mol. The molecule has 0 aromatic heterocycles. The van der Waals surface area contributed by atoms with E-state index in [0.717, 1.165) is 5.69 Å². The van der Waals surface area contributed by atoms with E-state index < -0.39 is 0 Å². The number of nitrogens with one attached hydrogen (secondary N) is 2. The predicted molar refractivity (Wildman–Crippen MR) is 57.4 cm³/mol. The van der Waals surface area contributed by atoms with Gasteiger partial charge in [-0.25, -0.2) is 0 Å². The lowest BCUT2D eigenvalue weighted by atomic mass is 10.3. The maximum Gasteiger partial charge on any atom is 0.275 e. The second-order valence-corrected chi connectivity index (χ2v) is 2.71. The smallest absolute Gasteiger partial charge is 0.275 e. The van der Waals surface area contributed by atoms with Gasteiger partial charge in [0.1, 0.15) is 0 Å². The third-order valence-corrected chi connectivity index (χ3v) is 1.58. The molecule has 0 aliphatic rings. The van der Waals surface area contributed by atoms with E-state index in [2.05, 4.69) is 10.9 Å². The molecule has 0 saturated carbocycles. The van der Waals surface area contributed by atoms with Crippen LogP contribution >= 0.6 is 12.2 Å². The summed E-state index contributed by atoms with van der Waals surface area (Å²) in [5.74, 6) is 0. The first kappa shape index (κ1) is 9.80. The number of anilines is 1. The number of hydrogen-bond acceptors (Lipinski definition) is 3. The van der Waals surface area contributed by atoms with E-state index in [-0.39, 0.29) is 0 Å². The number of hydrogen-bond donors (Lipinski definition) is 2. The highest BCUT2D eigenvalue weighted by Gasteiger charge is 1.92. The Kier molecular flexibility index (Phi) is 4.05. The Morgan fingerprint density at radius 3 is 2.69 bits per heavy atom. The fraction of sp³-hybridized carbons (Fsp3) is 0.222. The number of ether oxygens (including phenoxy) is 1. The molecular weight excluding hydrogens is 184 g/mol. The standard InChI is InChI=1S/C9H12N2OS/c1-2-12-9(13)11-10-8-6-4-3-5-7-8/h3-7,10H,2H2,1H3,(H,11,13). The number of para-hydroxylation sites is 1. The summed E-state index contributed by atoms with van der Waals surface area (Å²) < 4.78 is 5.02. The molecule has 0 bridgehead atoms. The predicted octanol–water partition coefficient (Wildman–Crippen LogP) is 1.92. The highest BCUT2D eigenvalue weighted by Crippen LogP contribution is 2.02. The zero-order valence-corrected chi connectivity index (χ0v) is 8.23. The Balaban J connectivity index is 2.31. The first-order valence-corrected chi connectivity index (χ1v) is 4.47. The van der Waals surface area contributed by atoms with Gasteiger partial charge >= 0.3 is 0 Å². The Labute approximate surface area is 83.1 Å². The van der Waals surface area contributed by atoms with Crippen LogP contribution in [0.15, 0.2) is 30.3 Å². The van der Waals surface area contributed by atoms with Crippen molar-refractivity contribution in [1.82, 2.24) is 5.43 Å². The molecule has 3 nitrogen and oxygen atoms in total. The Morgan fingerprint density at radius 1 is 1.38 bits per heavy atom. The van der Waals surface area contributed by atoms with Gasteiger partial charge in [-0.3, -0.25) is 10.9 Å². The van der Waals surface area contributed by atoms with Crippen molar-refractivity contribution in [3.05, 3.63) is 30.3 Å². The van der Waals surface area contributed by atoms with Gasteiger partial charge in [0, 0.05) is 0 Å². The van der Waals surface area contributed by atoms with E-state index >= 15 is 0 Å². The van der Waals surface area contributed by atoms with E-state index in [4.69, 9.17) is 17.0 Å². The van der Waals surface area contributed by atoms with Crippen LogP contribution in [0.5, 0.6) is 0 Å². The summed E-state index contributed by atoms with van der Waals surface area (Å²) in [6.45, 7) is 2.46. The summed E-state index contributed by atoms with van der Waals surface area (Å²) in [7, 11) is 0. The zero-order chi connectivity index (χ0) is 9.52. The molecule has 0 amide bonds. The lowest BCUT2D eigenvalue weighted by Gasteiger charge is -2.09. The third-order valence-electron chi connectivity index (χ3n) is 1.36. The number of benzene rings is 1. The van der Waals surface area contributed by atoms with Gasteiger partial charge in [0.05, 0.1) is 12.3 Å². The molecule has 1 rings (SSSR count). The molecule has 0 heterocycles. The van der Waals surface area contributed by atoms with E-state index in [1.807, 2.05) is 37.3 Å². The molecule has 0 unspecified atom stereocenters. The van der Waals surface area contributed by atoms with Crippen LogP contribution in [0, 0.1) is 0 Å². The van der Waals surface area contributed by atoms with Gasteiger partial charge in [0.2, 0.25) is 0 Å². The molecular formula is C9H12N2OS. The minimum atomic E-state index is 0.353. The van der Waals surface area contributed by atoms with Gasteiger partial charge in [-0.15, -0.1) is 0 Å².